The number of rotatable bonds is 4. The molecule has 0 radical (unpaired) electrons. The molecule has 1 aromatic rings. The molecule has 1 aromatic carbocycles. The highest BCUT2D eigenvalue weighted by Gasteiger charge is 2.33. The molecule has 0 saturated heterocycles. The maximum absolute atomic E-state index is 12.2. The van der Waals surface area contributed by atoms with Crippen LogP contribution in [0.25, 0.3) is 0 Å². The summed E-state index contributed by atoms with van der Waals surface area (Å²) in [5.74, 6) is 0.0535. The van der Waals surface area contributed by atoms with E-state index in [2.05, 4.69) is 24.5 Å². The second-order valence-corrected chi connectivity index (χ2v) is 5.43. The molecule has 0 spiro atoms. The molecular formula is C15H22N2O. The minimum absolute atomic E-state index is 0.0177. The van der Waals surface area contributed by atoms with E-state index in [1.54, 1.807) is 0 Å². The summed E-state index contributed by atoms with van der Waals surface area (Å²) in [6, 6.07) is 5.90. The molecule has 1 amide bonds. The predicted molar refractivity (Wildman–Crippen MR) is 75.1 cm³/mol. The minimum Gasteiger partial charge on any atom is -0.385 e. The quantitative estimate of drug-likeness (QED) is 0.857. The molecule has 18 heavy (non-hydrogen) atoms. The van der Waals surface area contributed by atoms with E-state index in [0.717, 1.165) is 36.2 Å². The fourth-order valence-electron chi connectivity index (χ4n) is 2.41. The predicted octanol–water partition coefficient (Wildman–Crippen LogP) is 3.10. The third kappa shape index (κ3) is 2.66. The Kier molecular flexibility index (Phi) is 3.60. The number of aryl methyl sites for hydroxylation is 1. The molecule has 3 heteroatoms. The molecule has 3 nitrogen and oxygen atoms in total. The molecule has 1 aliphatic carbocycles. The van der Waals surface area contributed by atoms with Crippen LogP contribution in [0, 0.1) is 6.92 Å². The van der Waals surface area contributed by atoms with Gasteiger partial charge in [0.05, 0.1) is 0 Å². The average molecular weight is 246 g/mol. The van der Waals surface area contributed by atoms with Gasteiger partial charge < -0.3 is 10.6 Å². The van der Waals surface area contributed by atoms with E-state index in [1.807, 2.05) is 25.1 Å². The van der Waals surface area contributed by atoms with Gasteiger partial charge in [-0.3, -0.25) is 4.79 Å². The fourth-order valence-corrected chi connectivity index (χ4v) is 2.41. The van der Waals surface area contributed by atoms with Crippen LogP contribution in [0.4, 0.5) is 5.69 Å². The lowest BCUT2D eigenvalue weighted by Crippen LogP contribution is -2.51. The smallest absolute Gasteiger partial charge is 0.251 e. The largest absolute Gasteiger partial charge is 0.385 e. The van der Waals surface area contributed by atoms with Gasteiger partial charge in [0.2, 0.25) is 0 Å². The highest BCUT2D eigenvalue weighted by atomic mass is 16.1. The van der Waals surface area contributed by atoms with E-state index in [0.29, 0.717) is 0 Å². The van der Waals surface area contributed by atoms with E-state index >= 15 is 0 Å². The summed E-state index contributed by atoms with van der Waals surface area (Å²) in [5, 5.41) is 6.40. The van der Waals surface area contributed by atoms with Gasteiger partial charge in [-0.2, -0.15) is 0 Å². The van der Waals surface area contributed by atoms with Crippen molar-refractivity contribution in [2.45, 2.75) is 45.6 Å². The first-order valence-electron chi connectivity index (χ1n) is 6.71. The number of hydrogen-bond acceptors (Lipinski definition) is 2. The minimum atomic E-state index is 0.0177. The summed E-state index contributed by atoms with van der Waals surface area (Å²) in [6.07, 6.45) is 3.40. The third-order valence-electron chi connectivity index (χ3n) is 3.72. The van der Waals surface area contributed by atoms with Crippen LogP contribution in [0.15, 0.2) is 18.2 Å². The monoisotopic (exact) mass is 246 g/mol. The van der Waals surface area contributed by atoms with Gasteiger partial charge in [0.1, 0.15) is 0 Å². The van der Waals surface area contributed by atoms with Crippen molar-refractivity contribution < 1.29 is 4.79 Å². The normalized spacial score (nSPS) is 16.8. The zero-order chi connectivity index (χ0) is 13.2. The van der Waals surface area contributed by atoms with Crippen molar-refractivity contribution in [2.75, 3.05) is 11.9 Å². The topological polar surface area (TPSA) is 41.1 Å². The Morgan fingerprint density at radius 2 is 2.11 bits per heavy atom. The number of carbonyl (C=O) groups is 1. The molecule has 2 rings (SSSR count). The lowest BCUT2D eigenvalue weighted by Gasteiger charge is -2.39. The number of anilines is 1. The molecule has 98 valence electrons. The molecule has 1 saturated carbocycles. The van der Waals surface area contributed by atoms with Gasteiger partial charge in [-0.05, 0) is 63.8 Å². The van der Waals surface area contributed by atoms with Gasteiger partial charge in [0.25, 0.3) is 5.91 Å². The van der Waals surface area contributed by atoms with E-state index in [4.69, 9.17) is 0 Å². The van der Waals surface area contributed by atoms with Crippen molar-refractivity contribution in [2.24, 2.45) is 0 Å². The number of benzene rings is 1. The summed E-state index contributed by atoms with van der Waals surface area (Å²) in [5.41, 5.74) is 2.89. The summed E-state index contributed by atoms with van der Waals surface area (Å²) in [4.78, 5) is 12.2. The van der Waals surface area contributed by atoms with Crippen LogP contribution in [-0.4, -0.2) is 18.0 Å². The van der Waals surface area contributed by atoms with Gasteiger partial charge in [-0.1, -0.05) is 0 Å². The molecule has 1 fully saturated rings. The Morgan fingerprint density at radius 3 is 2.61 bits per heavy atom. The van der Waals surface area contributed by atoms with Crippen molar-refractivity contribution in [3.63, 3.8) is 0 Å². The van der Waals surface area contributed by atoms with Gasteiger partial charge in [0, 0.05) is 23.3 Å². The highest BCUT2D eigenvalue weighted by Crippen LogP contribution is 2.31. The Morgan fingerprint density at radius 1 is 1.39 bits per heavy atom. The maximum atomic E-state index is 12.2. The molecule has 1 aliphatic rings. The molecule has 0 aliphatic heterocycles. The molecule has 0 bridgehead atoms. The standard InChI is InChI=1S/C15H22N2O/c1-4-16-12-6-7-13(11(2)10-12)14(18)17-15(3)8-5-9-15/h6-7,10,16H,4-5,8-9H2,1-3H3,(H,17,18). The van der Waals surface area contributed by atoms with Crippen LogP contribution >= 0.6 is 0 Å². The first-order chi connectivity index (χ1) is 8.54. The molecule has 0 aromatic heterocycles. The zero-order valence-corrected chi connectivity index (χ0v) is 11.5. The van der Waals surface area contributed by atoms with Crippen molar-refractivity contribution in [3.8, 4) is 0 Å². The molecule has 0 atom stereocenters. The number of carbonyl (C=O) groups excluding carboxylic acids is 1. The number of hydrogen-bond donors (Lipinski definition) is 2. The van der Waals surface area contributed by atoms with E-state index in [1.165, 1.54) is 6.42 Å². The Bertz CT molecular complexity index is 450. The van der Waals surface area contributed by atoms with Gasteiger partial charge in [0.15, 0.2) is 0 Å². The van der Waals surface area contributed by atoms with Crippen molar-refractivity contribution in [1.29, 1.82) is 0 Å². The van der Waals surface area contributed by atoms with Crippen molar-refractivity contribution in [1.82, 2.24) is 5.32 Å². The van der Waals surface area contributed by atoms with E-state index in [-0.39, 0.29) is 11.4 Å². The Labute approximate surface area is 109 Å². The van der Waals surface area contributed by atoms with Crippen molar-refractivity contribution in [3.05, 3.63) is 29.3 Å². The fraction of sp³-hybridized carbons (Fsp3) is 0.533. The zero-order valence-electron chi connectivity index (χ0n) is 11.5. The first-order valence-corrected chi connectivity index (χ1v) is 6.71. The number of amides is 1. The summed E-state index contributed by atoms with van der Waals surface area (Å²) < 4.78 is 0. The van der Waals surface area contributed by atoms with Crippen LogP contribution in [0.3, 0.4) is 0 Å². The van der Waals surface area contributed by atoms with Gasteiger partial charge in [-0.25, -0.2) is 0 Å². The van der Waals surface area contributed by atoms with Gasteiger partial charge >= 0.3 is 0 Å². The van der Waals surface area contributed by atoms with Crippen LogP contribution in [0.5, 0.6) is 0 Å². The lowest BCUT2D eigenvalue weighted by atomic mass is 9.78. The van der Waals surface area contributed by atoms with Gasteiger partial charge in [-0.15, -0.1) is 0 Å². The third-order valence-corrected chi connectivity index (χ3v) is 3.72. The van der Waals surface area contributed by atoms with Crippen LogP contribution in [-0.2, 0) is 0 Å². The molecule has 2 N–H and O–H groups in total. The maximum Gasteiger partial charge on any atom is 0.251 e. The average Bonchev–Trinajstić information content (AvgIpc) is 2.27. The van der Waals surface area contributed by atoms with E-state index < -0.39 is 0 Å². The van der Waals surface area contributed by atoms with Crippen LogP contribution in [0.2, 0.25) is 0 Å². The van der Waals surface area contributed by atoms with Crippen molar-refractivity contribution >= 4 is 11.6 Å². The second-order valence-electron chi connectivity index (χ2n) is 5.43. The SMILES string of the molecule is CCNc1ccc(C(=O)NC2(C)CCC2)c(C)c1. The summed E-state index contributed by atoms with van der Waals surface area (Å²) in [6.45, 7) is 7.06. The summed E-state index contributed by atoms with van der Waals surface area (Å²) in [7, 11) is 0. The molecular weight excluding hydrogens is 224 g/mol. The summed E-state index contributed by atoms with van der Waals surface area (Å²) >= 11 is 0. The van der Waals surface area contributed by atoms with Crippen LogP contribution < -0.4 is 10.6 Å². The highest BCUT2D eigenvalue weighted by molar-refractivity contribution is 5.96. The van der Waals surface area contributed by atoms with Crippen LogP contribution in [0.1, 0.15) is 49.0 Å². The second kappa shape index (κ2) is 5.01. The number of nitrogens with one attached hydrogen (secondary N) is 2. The molecule has 0 heterocycles. The lowest BCUT2D eigenvalue weighted by molar-refractivity contribution is 0.0850. The Hall–Kier alpha value is -1.51. The van der Waals surface area contributed by atoms with E-state index in [9.17, 15) is 4.79 Å². The Balaban J connectivity index is 2.10. The molecule has 0 unspecified atom stereocenters. The first kappa shape index (κ1) is 12.9.